The summed E-state index contributed by atoms with van der Waals surface area (Å²) in [6, 6.07) is 21.3. The van der Waals surface area contributed by atoms with Crippen LogP contribution in [0.25, 0.3) is 0 Å². The summed E-state index contributed by atoms with van der Waals surface area (Å²) in [5.41, 5.74) is -2.06. The maximum Gasteiger partial charge on any atom is 0.325 e. The molecule has 1 atom stereocenters. The third-order valence-corrected chi connectivity index (χ3v) is 7.50. The number of nitrogens with zero attached hydrogens (tertiary/aromatic N) is 5. The van der Waals surface area contributed by atoms with Gasteiger partial charge in [0, 0.05) is 44.7 Å². The van der Waals surface area contributed by atoms with Crippen molar-refractivity contribution < 1.29 is 27.4 Å². The van der Waals surface area contributed by atoms with Crippen LogP contribution >= 0.6 is 11.8 Å². The topological polar surface area (TPSA) is 84.6 Å². The summed E-state index contributed by atoms with van der Waals surface area (Å²) in [5.74, 6) is 0.135. The minimum Gasteiger partial charge on any atom is -0.376 e. The standard InChI is InChI=1S/C31H20F4N5OS/c32-25-10-13-27(28(33)15-25)30(41,19-40-20-38-39-40)31(34,35)29-14-9-23(17-37-29)4-1-21-2-5-24(6-3-21)18-42-26-11-7-22(16-36)8-12-26/h2-3,5-15,17,20,41H,18-19H2/q+1. The third kappa shape index (κ3) is 6.08. The second-order valence-electron chi connectivity index (χ2n) is 9.28. The molecule has 1 aromatic heterocycles. The first-order valence-electron chi connectivity index (χ1n) is 12.4. The van der Waals surface area contributed by atoms with Crippen molar-refractivity contribution in [3.8, 4) is 17.9 Å². The summed E-state index contributed by atoms with van der Waals surface area (Å²) in [6.07, 6.45) is 2.23. The van der Waals surface area contributed by atoms with Crippen LogP contribution in [-0.4, -0.2) is 27.7 Å². The van der Waals surface area contributed by atoms with E-state index in [0.717, 1.165) is 51.6 Å². The maximum atomic E-state index is 15.8. The molecule has 11 heteroatoms. The van der Waals surface area contributed by atoms with Crippen LogP contribution in [0, 0.1) is 34.8 Å². The van der Waals surface area contributed by atoms with E-state index in [1.165, 1.54) is 6.07 Å². The van der Waals surface area contributed by atoms with Crippen LogP contribution in [0.3, 0.4) is 0 Å². The van der Waals surface area contributed by atoms with E-state index in [2.05, 4.69) is 33.2 Å². The average Bonchev–Trinajstić information content (AvgIpc) is 2.97. The SMILES string of the molecule is N#Cc1ccc(SCc2ccc(C#Cc3ccc(C(F)(F)C(O)(C[N+]4=NN=C4)c4ccc(F)cc4F)nc3)cc2)cc1. The van der Waals surface area contributed by atoms with E-state index in [1.807, 2.05) is 36.4 Å². The first kappa shape index (κ1) is 28.7. The number of rotatable bonds is 8. The molecule has 1 N–H and O–H groups in total. The van der Waals surface area contributed by atoms with Crippen molar-refractivity contribution in [2.24, 2.45) is 10.3 Å². The summed E-state index contributed by atoms with van der Waals surface area (Å²) in [6.45, 7) is -0.850. The molecule has 208 valence electrons. The molecule has 0 aliphatic carbocycles. The number of β-amino-alcohol motifs (C(OH)–C–C–N with tert-alkyl or cyclic N) is 1. The fraction of sp³-hybridized carbons (Fsp3) is 0.129. The zero-order chi connectivity index (χ0) is 29.7. The van der Waals surface area contributed by atoms with Gasteiger partial charge < -0.3 is 5.11 Å². The van der Waals surface area contributed by atoms with Crippen molar-refractivity contribution in [1.29, 1.82) is 5.26 Å². The lowest BCUT2D eigenvalue weighted by Crippen LogP contribution is -2.50. The van der Waals surface area contributed by atoms with Crippen LogP contribution in [-0.2, 0) is 17.3 Å². The number of halogens is 4. The molecule has 1 aliphatic heterocycles. The minimum absolute atomic E-state index is 0.344. The van der Waals surface area contributed by atoms with E-state index in [0.29, 0.717) is 22.8 Å². The van der Waals surface area contributed by atoms with Crippen LogP contribution in [0.2, 0.25) is 0 Å². The van der Waals surface area contributed by atoms with Crippen molar-refractivity contribution in [2.75, 3.05) is 6.54 Å². The third-order valence-electron chi connectivity index (χ3n) is 6.42. The van der Waals surface area contributed by atoms with Gasteiger partial charge in [-0.25, -0.2) is 8.78 Å². The van der Waals surface area contributed by atoms with Gasteiger partial charge in [-0.05, 0) is 66.2 Å². The molecule has 4 aromatic rings. The number of benzene rings is 3. The number of nitriles is 1. The lowest BCUT2D eigenvalue weighted by Gasteiger charge is -2.35. The molecule has 6 nitrogen and oxygen atoms in total. The molecule has 0 amide bonds. The van der Waals surface area contributed by atoms with Crippen molar-refractivity contribution in [3.05, 3.63) is 130 Å². The number of pyridine rings is 1. The molecular formula is C31H20F4N5OS+. The maximum absolute atomic E-state index is 15.8. The lowest BCUT2D eigenvalue weighted by molar-refractivity contribution is -0.527. The van der Waals surface area contributed by atoms with E-state index < -0.39 is 41.0 Å². The van der Waals surface area contributed by atoms with Gasteiger partial charge in [0.1, 0.15) is 23.9 Å². The Morgan fingerprint density at radius 3 is 2.14 bits per heavy atom. The molecule has 0 bridgehead atoms. The minimum atomic E-state index is -4.11. The van der Waals surface area contributed by atoms with E-state index in [4.69, 9.17) is 5.26 Å². The Morgan fingerprint density at radius 1 is 0.881 bits per heavy atom. The quantitative estimate of drug-likeness (QED) is 0.113. The Hall–Kier alpha value is -4.84. The second-order valence-corrected chi connectivity index (χ2v) is 10.3. The highest BCUT2D eigenvalue weighted by Crippen LogP contribution is 2.46. The fourth-order valence-electron chi connectivity index (χ4n) is 4.10. The molecule has 1 unspecified atom stereocenters. The van der Waals surface area contributed by atoms with Crippen LogP contribution < -0.4 is 0 Å². The largest absolute Gasteiger partial charge is 0.376 e. The monoisotopic (exact) mass is 586 g/mol. The fourth-order valence-corrected chi connectivity index (χ4v) is 4.95. The van der Waals surface area contributed by atoms with Crippen LogP contribution in [0.5, 0.6) is 0 Å². The predicted octanol–water partition coefficient (Wildman–Crippen LogP) is 6.32. The summed E-state index contributed by atoms with van der Waals surface area (Å²) < 4.78 is 60.6. The number of hydrogen-bond acceptors (Lipinski definition) is 6. The summed E-state index contributed by atoms with van der Waals surface area (Å²) >= 11 is 1.64. The highest BCUT2D eigenvalue weighted by molar-refractivity contribution is 7.98. The van der Waals surface area contributed by atoms with Gasteiger partial charge in [-0.15, -0.1) is 16.5 Å². The summed E-state index contributed by atoms with van der Waals surface area (Å²) in [7, 11) is 0. The summed E-state index contributed by atoms with van der Waals surface area (Å²) in [4.78, 5) is 4.86. The number of alkyl halides is 2. The Bertz CT molecular complexity index is 1770. The first-order chi connectivity index (χ1) is 20.2. The zero-order valence-corrected chi connectivity index (χ0v) is 22.5. The zero-order valence-electron chi connectivity index (χ0n) is 21.7. The molecule has 2 heterocycles. The first-order valence-corrected chi connectivity index (χ1v) is 13.4. The van der Waals surface area contributed by atoms with Gasteiger partial charge in [-0.2, -0.15) is 14.0 Å². The summed E-state index contributed by atoms with van der Waals surface area (Å²) in [5, 5.41) is 27.0. The molecular weight excluding hydrogens is 566 g/mol. The number of aromatic nitrogens is 1. The van der Waals surface area contributed by atoms with Gasteiger partial charge >= 0.3 is 5.92 Å². The van der Waals surface area contributed by atoms with Crippen molar-refractivity contribution in [1.82, 2.24) is 4.98 Å². The molecule has 1 aliphatic rings. The van der Waals surface area contributed by atoms with Gasteiger partial charge in [-0.3, -0.25) is 4.98 Å². The van der Waals surface area contributed by atoms with Crippen molar-refractivity contribution in [3.63, 3.8) is 0 Å². The average molecular weight is 587 g/mol. The second kappa shape index (κ2) is 12.0. The predicted molar refractivity (Wildman–Crippen MR) is 148 cm³/mol. The Kier molecular flexibility index (Phi) is 8.16. The number of aliphatic hydroxyl groups is 1. The number of hydrogen-bond donors (Lipinski definition) is 1. The highest BCUT2D eigenvalue weighted by atomic mass is 32.2. The van der Waals surface area contributed by atoms with Crippen molar-refractivity contribution >= 4 is 18.1 Å². The van der Waals surface area contributed by atoms with Gasteiger partial charge in [0.2, 0.25) is 0 Å². The van der Waals surface area contributed by atoms with Gasteiger partial charge in [-0.1, -0.05) is 24.0 Å². The lowest BCUT2D eigenvalue weighted by atomic mass is 9.84. The van der Waals surface area contributed by atoms with Crippen LogP contribution in [0.15, 0.2) is 100 Å². The Balaban J connectivity index is 1.30. The Morgan fingerprint density at radius 2 is 1.55 bits per heavy atom. The Labute approximate surface area is 242 Å². The van der Waals surface area contributed by atoms with E-state index in [9.17, 15) is 13.9 Å². The molecule has 0 saturated carbocycles. The van der Waals surface area contributed by atoms with E-state index in [-0.39, 0.29) is 0 Å². The van der Waals surface area contributed by atoms with Gasteiger partial charge in [0.05, 0.1) is 16.9 Å². The molecule has 3 aromatic carbocycles. The number of thioether (sulfide) groups is 1. The molecule has 0 radical (unpaired) electrons. The molecule has 0 saturated heterocycles. The van der Waals surface area contributed by atoms with Crippen LogP contribution in [0.1, 0.15) is 33.5 Å². The molecule has 0 spiro atoms. The highest BCUT2D eigenvalue weighted by Gasteiger charge is 2.59. The molecule has 0 fully saturated rings. The van der Waals surface area contributed by atoms with Crippen LogP contribution in [0.4, 0.5) is 17.6 Å². The molecule has 42 heavy (non-hydrogen) atoms. The smallest absolute Gasteiger partial charge is 0.325 e. The normalized spacial score (nSPS) is 13.7. The van der Waals surface area contributed by atoms with Gasteiger partial charge in [0.25, 0.3) is 6.34 Å². The van der Waals surface area contributed by atoms with E-state index in [1.54, 1.807) is 23.9 Å². The molecule has 5 rings (SSSR count). The van der Waals surface area contributed by atoms with Crippen molar-refractivity contribution in [2.45, 2.75) is 22.2 Å². The van der Waals surface area contributed by atoms with E-state index >= 15 is 8.78 Å². The van der Waals surface area contributed by atoms with Gasteiger partial charge in [0.15, 0.2) is 5.60 Å².